The van der Waals surface area contributed by atoms with Gasteiger partial charge in [-0.15, -0.1) is 0 Å². The van der Waals surface area contributed by atoms with Gasteiger partial charge < -0.3 is 14.3 Å². The van der Waals surface area contributed by atoms with Crippen LogP contribution in [0.25, 0.3) is 11.0 Å². The Balaban J connectivity index is 2.98. The van der Waals surface area contributed by atoms with Crippen LogP contribution in [0, 0.1) is 17.5 Å². The molecule has 17 heavy (non-hydrogen) atoms. The fraction of sp³-hybridized carbons (Fsp3) is 0. The lowest BCUT2D eigenvalue weighted by atomic mass is 10.1. The van der Waals surface area contributed by atoms with Crippen LogP contribution in [0.2, 0.25) is 0 Å². The van der Waals surface area contributed by atoms with Gasteiger partial charge in [0.05, 0.1) is 16.9 Å². The van der Waals surface area contributed by atoms with Gasteiger partial charge in [-0.1, -0.05) is 0 Å². The van der Waals surface area contributed by atoms with Crippen molar-refractivity contribution < 1.29 is 27.5 Å². The van der Waals surface area contributed by atoms with Gasteiger partial charge in [0.1, 0.15) is 6.26 Å². The van der Waals surface area contributed by atoms with Gasteiger partial charge in [0.15, 0.2) is 17.2 Å². The molecule has 0 saturated heterocycles. The number of fused-ring (bicyclic) bond motifs is 1. The van der Waals surface area contributed by atoms with E-state index in [4.69, 9.17) is 0 Å². The van der Waals surface area contributed by atoms with Crippen LogP contribution in [-0.4, -0.2) is 5.97 Å². The maximum Gasteiger partial charge on any atom is 0.205 e. The lowest BCUT2D eigenvalue weighted by molar-refractivity contribution is -0.255. The smallest absolute Gasteiger partial charge is 0.205 e. The molecule has 2 aromatic rings. The zero-order chi connectivity index (χ0) is 12.7. The minimum Gasteiger partial charge on any atom is -0.545 e. The van der Waals surface area contributed by atoms with Crippen molar-refractivity contribution in [1.29, 1.82) is 0 Å². The minimum atomic E-state index is -1.86. The third kappa shape index (κ3) is 1.55. The fourth-order valence-corrected chi connectivity index (χ4v) is 1.32. The molecule has 0 aliphatic carbocycles. The lowest BCUT2D eigenvalue weighted by Gasteiger charge is -2.04. The third-order valence-electron chi connectivity index (χ3n) is 2.12. The molecular formula is C10H2F3O4-. The van der Waals surface area contributed by atoms with E-state index in [1.165, 1.54) is 0 Å². The Labute approximate surface area is 90.9 Å². The molecule has 0 aliphatic heterocycles. The van der Waals surface area contributed by atoms with E-state index in [1.807, 2.05) is 0 Å². The molecule has 0 unspecified atom stereocenters. The average molecular weight is 243 g/mol. The van der Waals surface area contributed by atoms with Gasteiger partial charge in [0.2, 0.25) is 11.2 Å². The SMILES string of the molecule is O=C([O-])c1coc2c(F)c(F)c(F)cc2c1=O. The molecule has 0 fully saturated rings. The molecule has 0 saturated carbocycles. The molecule has 2 rings (SSSR count). The highest BCUT2D eigenvalue weighted by Crippen LogP contribution is 2.21. The first-order chi connectivity index (χ1) is 7.93. The van der Waals surface area contributed by atoms with Crippen molar-refractivity contribution in [2.75, 3.05) is 0 Å². The quantitative estimate of drug-likeness (QED) is 0.686. The summed E-state index contributed by atoms with van der Waals surface area (Å²) in [5, 5.41) is 9.76. The monoisotopic (exact) mass is 243 g/mol. The van der Waals surface area contributed by atoms with Gasteiger partial charge in [-0.3, -0.25) is 4.79 Å². The van der Waals surface area contributed by atoms with Crippen LogP contribution in [0.1, 0.15) is 10.4 Å². The lowest BCUT2D eigenvalue weighted by Crippen LogP contribution is -2.28. The van der Waals surface area contributed by atoms with Crippen LogP contribution in [0.4, 0.5) is 13.2 Å². The minimum absolute atomic E-state index is 0.367. The second-order valence-electron chi connectivity index (χ2n) is 3.13. The Morgan fingerprint density at radius 2 is 1.88 bits per heavy atom. The number of halogens is 3. The van der Waals surface area contributed by atoms with E-state index < -0.39 is 45.4 Å². The van der Waals surface area contributed by atoms with Crippen molar-refractivity contribution in [1.82, 2.24) is 0 Å². The summed E-state index contributed by atoms with van der Waals surface area (Å²) in [5.74, 6) is -6.97. The molecule has 0 N–H and O–H groups in total. The Morgan fingerprint density at radius 1 is 1.24 bits per heavy atom. The highest BCUT2D eigenvalue weighted by atomic mass is 19.2. The summed E-state index contributed by atoms with van der Waals surface area (Å²) in [6, 6.07) is 0.367. The van der Waals surface area contributed by atoms with Crippen molar-refractivity contribution >= 4 is 16.9 Å². The van der Waals surface area contributed by atoms with Crippen LogP contribution in [0.15, 0.2) is 21.5 Å². The van der Waals surface area contributed by atoms with E-state index in [9.17, 15) is 27.9 Å². The van der Waals surface area contributed by atoms with E-state index in [-0.39, 0.29) is 0 Å². The predicted octanol–water partition coefficient (Wildman–Crippen LogP) is 0.574. The Hall–Kier alpha value is -2.31. The molecule has 0 atom stereocenters. The molecule has 4 nitrogen and oxygen atoms in total. The number of carbonyl (C=O) groups excluding carboxylic acids is 1. The van der Waals surface area contributed by atoms with Gasteiger partial charge in [-0.2, -0.15) is 4.39 Å². The highest BCUT2D eigenvalue weighted by Gasteiger charge is 2.18. The van der Waals surface area contributed by atoms with Gasteiger partial charge in [-0.05, 0) is 6.07 Å². The van der Waals surface area contributed by atoms with Crippen molar-refractivity contribution in [3.63, 3.8) is 0 Å². The molecule has 0 spiro atoms. The number of hydrogen-bond donors (Lipinski definition) is 0. The van der Waals surface area contributed by atoms with Crippen LogP contribution >= 0.6 is 0 Å². The number of benzene rings is 1. The summed E-state index contributed by atoms with van der Waals surface area (Å²) in [6.07, 6.45) is 0.417. The molecule has 7 heteroatoms. The second kappa shape index (κ2) is 3.62. The molecule has 1 aromatic heterocycles. The number of rotatable bonds is 1. The zero-order valence-corrected chi connectivity index (χ0v) is 7.92. The summed E-state index contributed by atoms with van der Waals surface area (Å²) in [6.45, 7) is 0. The highest BCUT2D eigenvalue weighted by molar-refractivity contribution is 5.90. The average Bonchev–Trinajstić information content (AvgIpc) is 2.27. The maximum absolute atomic E-state index is 13.2. The van der Waals surface area contributed by atoms with Crippen molar-refractivity contribution in [3.05, 3.63) is 45.6 Å². The fourth-order valence-electron chi connectivity index (χ4n) is 1.32. The van der Waals surface area contributed by atoms with Crippen molar-refractivity contribution in [2.45, 2.75) is 0 Å². The Bertz CT molecular complexity index is 690. The molecule has 1 aromatic carbocycles. The largest absolute Gasteiger partial charge is 0.545 e. The summed E-state index contributed by atoms with van der Waals surface area (Å²) >= 11 is 0. The second-order valence-corrected chi connectivity index (χ2v) is 3.13. The summed E-state index contributed by atoms with van der Waals surface area (Å²) in [5.41, 5.74) is -2.95. The number of aromatic carboxylic acids is 1. The number of hydrogen-bond acceptors (Lipinski definition) is 4. The van der Waals surface area contributed by atoms with Crippen LogP contribution in [-0.2, 0) is 0 Å². The van der Waals surface area contributed by atoms with Gasteiger partial charge in [0, 0.05) is 0 Å². The molecule has 0 aliphatic rings. The molecule has 0 radical (unpaired) electrons. The molecule has 1 heterocycles. The van der Waals surface area contributed by atoms with Crippen molar-refractivity contribution in [3.8, 4) is 0 Å². The van der Waals surface area contributed by atoms with Gasteiger partial charge in [-0.25, -0.2) is 8.78 Å². The predicted molar refractivity (Wildman–Crippen MR) is 46.7 cm³/mol. The molecule has 88 valence electrons. The third-order valence-corrected chi connectivity index (χ3v) is 2.12. The molecule has 0 amide bonds. The summed E-state index contributed by atoms with van der Waals surface area (Å²) in [7, 11) is 0. The first kappa shape index (κ1) is 11.2. The summed E-state index contributed by atoms with van der Waals surface area (Å²) < 4.78 is 43.3. The zero-order valence-electron chi connectivity index (χ0n) is 7.92. The van der Waals surface area contributed by atoms with E-state index in [1.54, 1.807) is 0 Å². The van der Waals surface area contributed by atoms with Crippen molar-refractivity contribution in [2.24, 2.45) is 0 Å². The van der Waals surface area contributed by atoms with Gasteiger partial charge in [0.25, 0.3) is 0 Å². The Morgan fingerprint density at radius 3 is 2.47 bits per heavy atom. The number of carboxylic acid groups (broad SMARTS) is 1. The molecular weight excluding hydrogens is 241 g/mol. The Kier molecular flexibility index (Phi) is 2.38. The van der Waals surface area contributed by atoms with Crippen LogP contribution in [0.5, 0.6) is 0 Å². The first-order valence-corrected chi connectivity index (χ1v) is 4.24. The topological polar surface area (TPSA) is 70.3 Å². The normalized spacial score (nSPS) is 10.8. The summed E-state index contributed by atoms with van der Waals surface area (Å²) in [4.78, 5) is 21.9. The van der Waals surface area contributed by atoms with E-state index in [0.717, 1.165) is 0 Å². The van der Waals surface area contributed by atoms with Crippen LogP contribution in [0.3, 0.4) is 0 Å². The van der Waals surface area contributed by atoms with Gasteiger partial charge >= 0.3 is 0 Å². The van der Waals surface area contributed by atoms with E-state index >= 15 is 0 Å². The van der Waals surface area contributed by atoms with E-state index in [2.05, 4.69) is 4.42 Å². The number of carbonyl (C=O) groups is 1. The van der Waals surface area contributed by atoms with E-state index in [0.29, 0.717) is 12.3 Å². The standard InChI is InChI=1S/C10H3F3O4/c11-5-1-3-8(14)4(10(15)16)2-17-9(3)7(13)6(5)12/h1-2H,(H,15,16)/p-1. The van der Waals surface area contributed by atoms with Crippen LogP contribution < -0.4 is 10.5 Å². The maximum atomic E-state index is 13.2. The molecule has 0 bridgehead atoms. The number of carboxylic acids is 1. The first-order valence-electron chi connectivity index (χ1n) is 4.24.